The molecule has 1 atom stereocenters. The molecular weight excluding hydrogens is 258 g/mol. The SMILES string of the molecule is CCC(C)CSc1nc2c(cc1C(N)=NO)CCC2. The highest BCUT2D eigenvalue weighted by molar-refractivity contribution is 7.99. The molecule has 0 saturated carbocycles. The van der Waals surface area contributed by atoms with Crippen LogP contribution in [0, 0.1) is 5.92 Å². The van der Waals surface area contributed by atoms with Crippen LogP contribution in [0.3, 0.4) is 0 Å². The fraction of sp³-hybridized carbons (Fsp3) is 0.571. The first-order valence-electron chi connectivity index (χ1n) is 6.79. The lowest BCUT2D eigenvalue weighted by atomic mass is 10.1. The molecule has 0 amide bonds. The number of nitrogens with zero attached hydrogens (tertiary/aromatic N) is 2. The second-order valence-corrected chi connectivity index (χ2v) is 6.12. The van der Waals surface area contributed by atoms with Crippen LogP contribution in [0.4, 0.5) is 0 Å². The molecule has 19 heavy (non-hydrogen) atoms. The van der Waals surface area contributed by atoms with Crippen molar-refractivity contribution in [3.8, 4) is 0 Å². The molecule has 1 heterocycles. The average molecular weight is 279 g/mol. The maximum absolute atomic E-state index is 8.91. The molecule has 104 valence electrons. The molecule has 0 spiro atoms. The van der Waals surface area contributed by atoms with Crippen molar-refractivity contribution in [1.82, 2.24) is 4.98 Å². The molecule has 4 nitrogen and oxygen atoms in total. The van der Waals surface area contributed by atoms with Crippen molar-refractivity contribution >= 4 is 17.6 Å². The molecule has 0 bridgehead atoms. The fourth-order valence-electron chi connectivity index (χ4n) is 2.14. The summed E-state index contributed by atoms with van der Waals surface area (Å²) >= 11 is 1.71. The first-order chi connectivity index (χ1) is 9.15. The molecule has 1 aliphatic carbocycles. The van der Waals surface area contributed by atoms with E-state index >= 15 is 0 Å². The Hall–Kier alpha value is -1.23. The standard InChI is InChI=1S/C14H21N3OS/c1-3-9(2)8-19-14-11(13(15)17-18)7-10-5-4-6-12(10)16-14/h7,9,18H,3-6,8H2,1-2H3,(H2,15,17). The largest absolute Gasteiger partial charge is 0.409 e. The highest BCUT2D eigenvalue weighted by Crippen LogP contribution is 2.29. The molecule has 0 saturated heterocycles. The Bertz CT molecular complexity index is 488. The first-order valence-corrected chi connectivity index (χ1v) is 7.77. The minimum Gasteiger partial charge on any atom is -0.409 e. The van der Waals surface area contributed by atoms with E-state index in [0.29, 0.717) is 5.92 Å². The van der Waals surface area contributed by atoms with E-state index in [-0.39, 0.29) is 5.84 Å². The van der Waals surface area contributed by atoms with Gasteiger partial charge in [0.1, 0.15) is 5.03 Å². The van der Waals surface area contributed by atoms with E-state index in [1.54, 1.807) is 11.8 Å². The zero-order valence-electron chi connectivity index (χ0n) is 11.5. The van der Waals surface area contributed by atoms with Crippen LogP contribution in [-0.2, 0) is 12.8 Å². The van der Waals surface area contributed by atoms with Crippen LogP contribution in [0.2, 0.25) is 0 Å². The molecule has 0 fully saturated rings. The van der Waals surface area contributed by atoms with Crippen molar-refractivity contribution in [1.29, 1.82) is 0 Å². The molecular formula is C14H21N3OS. The summed E-state index contributed by atoms with van der Waals surface area (Å²) < 4.78 is 0. The molecule has 1 unspecified atom stereocenters. The Morgan fingerprint density at radius 1 is 1.58 bits per heavy atom. The minimum atomic E-state index is 0.161. The van der Waals surface area contributed by atoms with Gasteiger partial charge in [-0.1, -0.05) is 25.4 Å². The maximum Gasteiger partial charge on any atom is 0.172 e. The molecule has 3 N–H and O–H groups in total. The number of pyridine rings is 1. The number of oxime groups is 1. The second kappa shape index (κ2) is 6.28. The van der Waals surface area contributed by atoms with Crippen LogP contribution >= 0.6 is 11.8 Å². The van der Waals surface area contributed by atoms with E-state index < -0.39 is 0 Å². The van der Waals surface area contributed by atoms with Crippen molar-refractivity contribution < 1.29 is 5.21 Å². The molecule has 1 aromatic heterocycles. The van der Waals surface area contributed by atoms with Gasteiger partial charge in [-0.15, -0.1) is 11.8 Å². The van der Waals surface area contributed by atoms with Gasteiger partial charge in [0.15, 0.2) is 5.84 Å². The van der Waals surface area contributed by atoms with Gasteiger partial charge >= 0.3 is 0 Å². The molecule has 1 aromatic rings. The molecule has 2 rings (SSSR count). The van der Waals surface area contributed by atoms with Crippen LogP contribution in [0.25, 0.3) is 0 Å². The van der Waals surface area contributed by atoms with E-state index in [0.717, 1.165) is 42.0 Å². The number of nitrogens with two attached hydrogens (primary N) is 1. The van der Waals surface area contributed by atoms with Crippen molar-refractivity contribution in [3.05, 3.63) is 22.9 Å². The van der Waals surface area contributed by atoms with Gasteiger partial charge in [-0.3, -0.25) is 0 Å². The lowest BCUT2D eigenvalue weighted by molar-refractivity contribution is 0.318. The summed E-state index contributed by atoms with van der Waals surface area (Å²) in [5.74, 6) is 1.81. The number of hydrogen-bond donors (Lipinski definition) is 2. The Morgan fingerprint density at radius 3 is 3.05 bits per heavy atom. The van der Waals surface area contributed by atoms with Crippen molar-refractivity contribution in [2.24, 2.45) is 16.8 Å². The van der Waals surface area contributed by atoms with Gasteiger partial charge in [0.2, 0.25) is 0 Å². The third kappa shape index (κ3) is 3.21. The van der Waals surface area contributed by atoms with Crippen LogP contribution < -0.4 is 5.73 Å². The molecule has 5 heteroatoms. The van der Waals surface area contributed by atoms with E-state index in [9.17, 15) is 0 Å². The van der Waals surface area contributed by atoms with Gasteiger partial charge in [-0.25, -0.2) is 4.98 Å². The van der Waals surface area contributed by atoms with Crippen LogP contribution in [0.15, 0.2) is 16.2 Å². The van der Waals surface area contributed by atoms with Gasteiger partial charge in [0.25, 0.3) is 0 Å². The van der Waals surface area contributed by atoms with Crippen LogP contribution in [-0.4, -0.2) is 21.8 Å². The number of thioether (sulfide) groups is 1. The highest BCUT2D eigenvalue weighted by Gasteiger charge is 2.19. The number of aryl methyl sites for hydroxylation is 2. The van der Waals surface area contributed by atoms with Crippen LogP contribution in [0.5, 0.6) is 0 Å². The zero-order chi connectivity index (χ0) is 13.8. The summed E-state index contributed by atoms with van der Waals surface area (Å²) in [5.41, 5.74) is 8.98. The van der Waals surface area contributed by atoms with Gasteiger partial charge in [-0.05, 0) is 36.8 Å². The van der Waals surface area contributed by atoms with Crippen LogP contribution in [0.1, 0.15) is 43.5 Å². The monoisotopic (exact) mass is 279 g/mol. The normalized spacial score (nSPS) is 16.4. The van der Waals surface area contributed by atoms with E-state index in [1.165, 1.54) is 11.3 Å². The smallest absolute Gasteiger partial charge is 0.172 e. The number of amidine groups is 1. The van der Waals surface area contributed by atoms with E-state index in [1.807, 2.05) is 6.07 Å². The van der Waals surface area contributed by atoms with Gasteiger partial charge in [0.05, 0.1) is 5.56 Å². The van der Waals surface area contributed by atoms with Gasteiger partial charge in [0, 0.05) is 11.4 Å². The van der Waals surface area contributed by atoms with Crippen molar-refractivity contribution in [2.75, 3.05) is 5.75 Å². The third-order valence-corrected chi connectivity index (χ3v) is 4.92. The molecule has 0 aliphatic heterocycles. The topological polar surface area (TPSA) is 71.5 Å². The van der Waals surface area contributed by atoms with Gasteiger partial charge in [-0.2, -0.15) is 0 Å². The lowest BCUT2D eigenvalue weighted by Gasteiger charge is -2.12. The average Bonchev–Trinajstić information content (AvgIpc) is 2.89. The van der Waals surface area contributed by atoms with E-state index in [4.69, 9.17) is 15.9 Å². The number of fused-ring (bicyclic) bond motifs is 1. The Balaban J connectivity index is 2.29. The molecule has 1 aliphatic rings. The number of hydrogen-bond acceptors (Lipinski definition) is 4. The highest BCUT2D eigenvalue weighted by atomic mass is 32.2. The summed E-state index contributed by atoms with van der Waals surface area (Å²) in [6.07, 6.45) is 4.39. The summed E-state index contributed by atoms with van der Waals surface area (Å²) in [6, 6.07) is 2.04. The Labute approximate surface area is 118 Å². The first kappa shape index (κ1) is 14.2. The number of rotatable bonds is 5. The molecule has 0 radical (unpaired) electrons. The fourth-order valence-corrected chi connectivity index (χ4v) is 3.31. The summed E-state index contributed by atoms with van der Waals surface area (Å²) in [7, 11) is 0. The summed E-state index contributed by atoms with van der Waals surface area (Å²) in [6.45, 7) is 4.41. The summed E-state index contributed by atoms with van der Waals surface area (Å²) in [5, 5.41) is 12.9. The number of aromatic nitrogens is 1. The zero-order valence-corrected chi connectivity index (χ0v) is 12.3. The predicted octanol–water partition coefficient (Wildman–Crippen LogP) is 2.80. The van der Waals surface area contributed by atoms with E-state index in [2.05, 4.69) is 19.0 Å². The maximum atomic E-state index is 8.91. The molecule has 0 aromatic carbocycles. The van der Waals surface area contributed by atoms with Gasteiger partial charge < -0.3 is 10.9 Å². The van der Waals surface area contributed by atoms with Crippen molar-refractivity contribution in [3.63, 3.8) is 0 Å². The Kier molecular flexibility index (Phi) is 4.69. The second-order valence-electron chi connectivity index (χ2n) is 5.11. The predicted molar refractivity (Wildman–Crippen MR) is 79.0 cm³/mol. The minimum absolute atomic E-state index is 0.161. The van der Waals surface area contributed by atoms with Crippen molar-refractivity contribution in [2.45, 2.75) is 44.6 Å². The quantitative estimate of drug-likeness (QED) is 0.286. The third-order valence-electron chi connectivity index (χ3n) is 3.60. The lowest BCUT2D eigenvalue weighted by Crippen LogP contribution is -2.16. The summed E-state index contributed by atoms with van der Waals surface area (Å²) in [4.78, 5) is 4.72. The Morgan fingerprint density at radius 2 is 2.37 bits per heavy atom.